The summed E-state index contributed by atoms with van der Waals surface area (Å²) >= 11 is 5.20. The molecular weight excluding hydrogens is 323 g/mol. The van der Waals surface area contributed by atoms with Gasteiger partial charge in [0.05, 0.1) is 11.8 Å². The third-order valence-electron chi connectivity index (χ3n) is 2.94. The standard InChI is InChI=1S/C16H14F3N3S/c1-22(15(23)21-14-5-3-2-4-6-14)20-11-12-7-9-13(10-8-12)16(17,18)19/h2-11H,1H3,(H,21,23)/b20-11+. The van der Waals surface area contributed by atoms with Crippen LogP contribution in [-0.4, -0.2) is 23.4 Å². The number of anilines is 1. The molecule has 0 aliphatic carbocycles. The minimum Gasteiger partial charge on any atom is -0.331 e. The van der Waals surface area contributed by atoms with E-state index in [4.69, 9.17) is 12.2 Å². The van der Waals surface area contributed by atoms with Crippen molar-refractivity contribution in [3.05, 3.63) is 65.7 Å². The van der Waals surface area contributed by atoms with Crippen LogP contribution in [0.4, 0.5) is 18.9 Å². The van der Waals surface area contributed by atoms with Crippen molar-refractivity contribution in [2.24, 2.45) is 5.10 Å². The molecule has 0 heterocycles. The third kappa shape index (κ3) is 5.07. The Morgan fingerprint density at radius 2 is 1.70 bits per heavy atom. The van der Waals surface area contributed by atoms with Crippen LogP contribution in [0.3, 0.4) is 0 Å². The summed E-state index contributed by atoms with van der Waals surface area (Å²) < 4.78 is 37.4. The Morgan fingerprint density at radius 1 is 1.09 bits per heavy atom. The topological polar surface area (TPSA) is 27.6 Å². The zero-order valence-electron chi connectivity index (χ0n) is 12.2. The number of rotatable bonds is 3. The Bertz CT molecular complexity index is 682. The first-order valence-corrected chi connectivity index (χ1v) is 7.08. The van der Waals surface area contributed by atoms with Crippen molar-refractivity contribution in [2.45, 2.75) is 6.18 Å². The molecule has 0 saturated heterocycles. The minimum atomic E-state index is -4.34. The molecule has 0 fully saturated rings. The molecule has 2 aromatic rings. The number of nitrogens with zero attached hydrogens (tertiary/aromatic N) is 2. The SMILES string of the molecule is CN(/N=C/c1ccc(C(F)(F)F)cc1)C(=S)Nc1ccccc1. The van der Waals surface area contributed by atoms with Gasteiger partial charge in [0.2, 0.25) is 0 Å². The number of hydrazone groups is 1. The molecule has 2 rings (SSSR count). The fraction of sp³-hybridized carbons (Fsp3) is 0.125. The maximum atomic E-state index is 12.5. The van der Waals surface area contributed by atoms with E-state index in [0.29, 0.717) is 10.7 Å². The maximum absolute atomic E-state index is 12.5. The Balaban J connectivity index is 1.97. The van der Waals surface area contributed by atoms with Gasteiger partial charge in [-0.15, -0.1) is 0 Å². The second-order valence-electron chi connectivity index (χ2n) is 4.68. The highest BCUT2D eigenvalue weighted by Gasteiger charge is 2.29. The third-order valence-corrected chi connectivity index (χ3v) is 3.30. The molecule has 7 heteroatoms. The van der Waals surface area contributed by atoms with E-state index in [1.807, 2.05) is 30.3 Å². The number of hydrogen-bond donors (Lipinski definition) is 1. The van der Waals surface area contributed by atoms with Crippen molar-refractivity contribution in [2.75, 3.05) is 12.4 Å². The van der Waals surface area contributed by atoms with E-state index in [0.717, 1.165) is 17.8 Å². The lowest BCUT2D eigenvalue weighted by Crippen LogP contribution is -2.26. The summed E-state index contributed by atoms with van der Waals surface area (Å²) in [5.74, 6) is 0. The van der Waals surface area contributed by atoms with Crippen LogP contribution in [-0.2, 0) is 6.18 Å². The molecule has 0 saturated carbocycles. The largest absolute Gasteiger partial charge is 0.416 e. The smallest absolute Gasteiger partial charge is 0.331 e. The Kier molecular flexibility index (Phi) is 5.33. The van der Waals surface area contributed by atoms with E-state index in [-0.39, 0.29) is 0 Å². The van der Waals surface area contributed by atoms with Gasteiger partial charge < -0.3 is 5.32 Å². The molecule has 0 radical (unpaired) electrons. The molecule has 2 aromatic carbocycles. The summed E-state index contributed by atoms with van der Waals surface area (Å²) in [7, 11) is 1.65. The number of thiocarbonyl (C=S) groups is 1. The lowest BCUT2D eigenvalue weighted by atomic mass is 10.1. The molecule has 0 atom stereocenters. The fourth-order valence-corrected chi connectivity index (χ4v) is 1.85. The van der Waals surface area contributed by atoms with Crippen molar-refractivity contribution in [1.82, 2.24) is 5.01 Å². The molecule has 120 valence electrons. The maximum Gasteiger partial charge on any atom is 0.416 e. The van der Waals surface area contributed by atoms with Gasteiger partial charge >= 0.3 is 6.18 Å². The van der Waals surface area contributed by atoms with Gasteiger partial charge in [-0.3, -0.25) is 0 Å². The van der Waals surface area contributed by atoms with Gasteiger partial charge in [0, 0.05) is 12.7 Å². The molecule has 0 spiro atoms. The first kappa shape index (κ1) is 17.0. The Hall–Kier alpha value is -2.41. The van der Waals surface area contributed by atoms with Crippen LogP contribution in [0.1, 0.15) is 11.1 Å². The molecule has 0 bridgehead atoms. The Morgan fingerprint density at radius 3 is 2.26 bits per heavy atom. The lowest BCUT2D eigenvalue weighted by molar-refractivity contribution is -0.137. The number of hydrogen-bond acceptors (Lipinski definition) is 2. The van der Waals surface area contributed by atoms with Crippen LogP contribution in [0.25, 0.3) is 0 Å². The monoisotopic (exact) mass is 337 g/mol. The predicted molar refractivity (Wildman–Crippen MR) is 89.5 cm³/mol. The summed E-state index contributed by atoms with van der Waals surface area (Å²) in [5.41, 5.74) is 0.686. The van der Waals surface area contributed by atoms with E-state index in [2.05, 4.69) is 10.4 Å². The van der Waals surface area contributed by atoms with Crippen molar-refractivity contribution in [1.29, 1.82) is 0 Å². The van der Waals surface area contributed by atoms with Crippen LogP contribution in [0.15, 0.2) is 59.7 Å². The van der Waals surface area contributed by atoms with Crippen LogP contribution in [0.5, 0.6) is 0 Å². The second-order valence-corrected chi connectivity index (χ2v) is 5.07. The zero-order valence-corrected chi connectivity index (χ0v) is 13.0. The van der Waals surface area contributed by atoms with Crippen LogP contribution in [0.2, 0.25) is 0 Å². The van der Waals surface area contributed by atoms with Crippen molar-refractivity contribution in [3.8, 4) is 0 Å². The zero-order chi connectivity index (χ0) is 16.9. The minimum absolute atomic E-state index is 0.374. The van der Waals surface area contributed by atoms with E-state index in [9.17, 15) is 13.2 Å². The molecule has 0 unspecified atom stereocenters. The molecule has 0 amide bonds. The van der Waals surface area contributed by atoms with Crippen molar-refractivity contribution < 1.29 is 13.2 Å². The van der Waals surface area contributed by atoms with Gasteiger partial charge in [0.15, 0.2) is 5.11 Å². The average molecular weight is 337 g/mol. The van der Waals surface area contributed by atoms with Gasteiger partial charge in [-0.05, 0) is 42.0 Å². The molecule has 3 nitrogen and oxygen atoms in total. The van der Waals surface area contributed by atoms with Crippen LogP contribution in [0, 0.1) is 0 Å². The summed E-state index contributed by atoms with van der Waals surface area (Å²) in [6.07, 6.45) is -2.90. The Labute approximate surface area is 137 Å². The molecule has 0 aliphatic heterocycles. The highest BCUT2D eigenvalue weighted by molar-refractivity contribution is 7.80. The van der Waals surface area contributed by atoms with Crippen LogP contribution < -0.4 is 5.32 Å². The van der Waals surface area contributed by atoms with Gasteiger partial charge in [0.1, 0.15) is 0 Å². The number of benzene rings is 2. The molecular formula is C16H14F3N3S. The van der Waals surface area contributed by atoms with Crippen LogP contribution >= 0.6 is 12.2 Å². The van der Waals surface area contributed by atoms with E-state index in [1.54, 1.807) is 7.05 Å². The van der Waals surface area contributed by atoms with E-state index < -0.39 is 11.7 Å². The number of alkyl halides is 3. The van der Waals surface area contributed by atoms with Crippen molar-refractivity contribution in [3.63, 3.8) is 0 Å². The lowest BCUT2D eigenvalue weighted by Gasteiger charge is -2.15. The summed E-state index contributed by atoms with van der Waals surface area (Å²) in [5, 5.41) is 8.91. The number of halogens is 3. The average Bonchev–Trinajstić information content (AvgIpc) is 2.53. The fourth-order valence-electron chi connectivity index (χ4n) is 1.69. The van der Waals surface area contributed by atoms with Gasteiger partial charge in [-0.25, -0.2) is 5.01 Å². The second kappa shape index (κ2) is 7.23. The van der Waals surface area contributed by atoms with Gasteiger partial charge in [0.25, 0.3) is 0 Å². The van der Waals surface area contributed by atoms with Gasteiger partial charge in [-0.2, -0.15) is 18.3 Å². The number of para-hydroxylation sites is 1. The predicted octanol–water partition coefficient (Wildman–Crippen LogP) is 4.37. The first-order chi connectivity index (χ1) is 10.9. The van der Waals surface area contributed by atoms with E-state index >= 15 is 0 Å². The molecule has 1 N–H and O–H groups in total. The summed E-state index contributed by atoms with van der Waals surface area (Å²) in [6.45, 7) is 0. The quantitative estimate of drug-likeness (QED) is 0.512. The molecule has 0 aromatic heterocycles. The highest BCUT2D eigenvalue weighted by atomic mass is 32.1. The number of nitrogens with one attached hydrogen (secondary N) is 1. The normalized spacial score (nSPS) is 11.5. The summed E-state index contributed by atoms with van der Waals surface area (Å²) in [4.78, 5) is 0. The van der Waals surface area contributed by atoms with Crippen molar-refractivity contribution >= 4 is 29.2 Å². The first-order valence-electron chi connectivity index (χ1n) is 6.67. The molecule has 0 aliphatic rings. The van der Waals surface area contributed by atoms with E-state index in [1.165, 1.54) is 23.4 Å². The van der Waals surface area contributed by atoms with Gasteiger partial charge in [-0.1, -0.05) is 30.3 Å². The summed E-state index contributed by atoms with van der Waals surface area (Å²) in [6, 6.07) is 14.1. The highest BCUT2D eigenvalue weighted by Crippen LogP contribution is 2.28. The molecule has 23 heavy (non-hydrogen) atoms.